The van der Waals surface area contributed by atoms with Crippen molar-refractivity contribution < 1.29 is 4.79 Å². The second-order valence-electron chi connectivity index (χ2n) is 6.15. The van der Waals surface area contributed by atoms with Gasteiger partial charge >= 0.3 is 0 Å². The minimum absolute atomic E-state index is 0.0954. The fraction of sp³-hybridized carbons (Fsp3) is 0.333. The Labute approximate surface area is 134 Å². The molecule has 5 nitrogen and oxygen atoms in total. The number of nitrogens with one attached hydrogen (secondary N) is 1. The fourth-order valence-electron chi connectivity index (χ4n) is 3.43. The van der Waals surface area contributed by atoms with Crippen LogP contribution in [-0.4, -0.2) is 38.2 Å². The van der Waals surface area contributed by atoms with E-state index >= 15 is 0 Å². The first-order valence-electron chi connectivity index (χ1n) is 8.17. The highest BCUT2D eigenvalue weighted by Crippen LogP contribution is 2.22. The number of aromatic nitrogens is 3. The number of amides is 1. The van der Waals surface area contributed by atoms with Crippen LogP contribution in [0, 0.1) is 0 Å². The lowest BCUT2D eigenvalue weighted by atomic mass is 10.0. The molecule has 1 saturated heterocycles. The van der Waals surface area contributed by atoms with E-state index in [0.29, 0.717) is 5.69 Å². The number of nitrogens with zero attached hydrogens (tertiary/aromatic N) is 3. The topological polar surface area (TPSA) is 53.9 Å². The molecule has 1 N–H and O–H groups in total. The van der Waals surface area contributed by atoms with E-state index in [1.165, 1.54) is 6.42 Å². The van der Waals surface area contributed by atoms with E-state index in [1.54, 1.807) is 6.20 Å². The molecule has 4 rings (SSSR count). The summed E-state index contributed by atoms with van der Waals surface area (Å²) >= 11 is 0. The molecule has 0 bridgehead atoms. The van der Waals surface area contributed by atoms with Crippen LogP contribution < -0.4 is 0 Å². The SMILES string of the molecule is O=C(c1cc2ccccc2[nH]1)N1CCCC[C@@H]1Cn1cccn1. The Kier molecular flexibility index (Phi) is 3.61. The number of fused-ring (bicyclic) bond motifs is 1. The summed E-state index contributed by atoms with van der Waals surface area (Å²) in [5, 5.41) is 5.36. The second-order valence-corrected chi connectivity index (χ2v) is 6.15. The van der Waals surface area contributed by atoms with Gasteiger partial charge in [0.25, 0.3) is 5.91 Å². The molecule has 1 fully saturated rings. The highest BCUT2D eigenvalue weighted by atomic mass is 16.2. The molecule has 3 aromatic rings. The maximum Gasteiger partial charge on any atom is 0.270 e. The molecule has 1 amide bonds. The van der Waals surface area contributed by atoms with Crippen molar-refractivity contribution in [3.8, 4) is 0 Å². The Hall–Kier alpha value is -2.56. The van der Waals surface area contributed by atoms with Gasteiger partial charge in [0.15, 0.2) is 0 Å². The van der Waals surface area contributed by atoms with E-state index in [2.05, 4.69) is 10.1 Å². The maximum absolute atomic E-state index is 13.0. The molecular weight excluding hydrogens is 288 g/mol. The Morgan fingerprint density at radius 1 is 1.26 bits per heavy atom. The molecule has 118 valence electrons. The quantitative estimate of drug-likeness (QED) is 0.808. The molecule has 0 unspecified atom stereocenters. The van der Waals surface area contributed by atoms with Crippen LogP contribution in [0.25, 0.3) is 10.9 Å². The summed E-state index contributed by atoms with van der Waals surface area (Å²) in [6, 6.07) is 12.1. The second kappa shape index (κ2) is 5.91. The van der Waals surface area contributed by atoms with Crippen molar-refractivity contribution in [1.29, 1.82) is 0 Å². The van der Waals surface area contributed by atoms with Crippen molar-refractivity contribution in [1.82, 2.24) is 19.7 Å². The number of H-pyrrole nitrogens is 1. The van der Waals surface area contributed by atoms with Crippen molar-refractivity contribution >= 4 is 16.8 Å². The summed E-state index contributed by atoms with van der Waals surface area (Å²) in [6.07, 6.45) is 7.02. The van der Waals surface area contributed by atoms with E-state index in [1.807, 2.05) is 52.2 Å². The highest BCUT2D eigenvalue weighted by molar-refractivity contribution is 5.98. The Morgan fingerprint density at radius 3 is 3.00 bits per heavy atom. The number of hydrogen-bond donors (Lipinski definition) is 1. The third kappa shape index (κ3) is 2.74. The molecule has 0 aliphatic carbocycles. The summed E-state index contributed by atoms with van der Waals surface area (Å²) in [4.78, 5) is 18.2. The molecule has 0 spiro atoms. The minimum Gasteiger partial charge on any atom is -0.351 e. The van der Waals surface area contributed by atoms with E-state index in [-0.39, 0.29) is 11.9 Å². The Morgan fingerprint density at radius 2 is 2.17 bits per heavy atom. The first kappa shape index (κ1) is 14.1. The number of carbonyl (C=O) groups excluding carboxylic acids is 1. The van der Waals surface area contributed by atoms with Crippen molar-refractivity contribution in [2.45, 2.75) is 31.8 Å². The van der Waals surface area contributed by atoms with Crippen LogP contribution in [0.4, 0.5) is 0 Å². The minimum atomic E-state index is 0.0954. The van der Waals surface area contributed by atoms with Gasteiger partial charge in [0.1, 0.15) is 5.69 Å². The van der Waals surface area contributed by atoms with Gasteiger partial charge in [0, 0.05) is 29.8 Å². The van der Waals surface area contributed by atoms with Gasteiger partial charge in [0.2, 0.25) is 0 Å². The number of benzene rings is 1. The van der Waals surface area contributed by atoms with Gasteiger partial charge in [-0.1, -0.05) is 18.2 Å². The van der Waals surface area contributed by atoms with Crippen LogP contribution in [0.2, 0.25) is 0 Å². The molecule has 1 aliphatic rings. The van der Waals surface area contributed by atoms with E-state index in [0.717, 1.165) is 36.8 Å². The van der Waals surface area contributed by atoms with Gasteiger partial charge in [-0.15, -0.1) is 0 Å². The van der Waals surface area contributed by atoms with Crippen LogP contribution in [-0.2, 0) is 6.54 Å². The first-order chi connectivity index (χ1) is 11.3. The predicted molar refractivity (Wildman–Crippen MR) is 89.2 cm³/mol. The molecule has 3 heterocycles. The number of hydrogen-bond acceptors (Lipinski definition) is 2. The lowest BCUT2D eigenvalue weighted by Crippen LogP contribution is -2.46. The van der Waals surface area contributed by atoms with Gasteiger partial charge in [-0.25, -0.2) is 0 Å². The predicted octanol–water partition coefficient (Wildman–Crippen LogP) is 3.06. The first-order valence-corrected chi connectivity index (χ1v) is 8.17. The van der Waals surface area contributed by atoms with Crippen molar-refractivity contribution in [3.05, 3.63) is 54.5 Å². The summed E-state index contributed by atoms with van der Waals surface area (Å²) in [5.74, 6) is 0.0954. The van der Waals surface area contributed by atoms with Gasteiger partial charge in [-0.05, 0) is 37.5 Å². The summed E-state index contributed by atoms with van der Waals surface area (Å²) in [7, 11) is 0. The van der Waals surface area contributed by atoms with Crippen molar-refractivity contribution in [2.24, 2.45) is 0 Å². The third-order valence-electron chi connectivity index (χ3n) is 4.61. The molecule has 1 aromatic carbocycles. The zero-order chi connectivity index (χ0) is 15.6. The zero-order valence-electron chi connectivity index (χ0n) is 13.0. The Bertz CT molecular complexity index is 772. The molecule has 0 radical (unpaired) electrons. The maximum atomic E-state index is 13.0. The molecule has 2 aromatic heterocycles. The van der Waals surface area contributed by atoms with Crippen LogP contribution >= 0.6 is 0 Å². The molecule has 1 atom stereocenters. The number of aromatic amines is 1. The van der Waals surface area contributed by atoms with Gasteiger partial charge in [-0.2, -0.15) is 5.10 Å². The summed E-state index contributed by atoms with van der Waals surface area (Å²) in [6.45, 7) is 1.58. The largest absolute Gasteiger partial charge is 0.351 e. The summed E-state index contributed by atoms with van der Waals surface area (Å²) in [5.41, 5.74) is 1.69. The lowest BCUT2D eigenvalue weighted by Gasteiger charge is -2.35. The zero-order valence-corrected chi connectivity index (χ0v) is 13.0. The summed E-state index contributed by atoms with van der Waals surface area (Å²) < 4.78 is 1.92. The fourth-order valence-corrected chi connectivity index (χ4v) is 3.43. The van der Waals surface area contributed by atoms with Gasteiger partial charge in [-0.3, -0.25) is 9.48 Å². The average Bonchev–Trinajstić information content (AvgIpc) is 3.23. The molecular formula is C18H20N4O. The molecule has 0 saturated carbocycles. The number of piperidine rings is 1. The number of carbonyl (C=O) groups is 1. The van der Waals surface area contributed by atoms with E-state index < -0.39 is 0 Å². The van der Waals surface area contributed by atoms with Crippen molar-refractivity contribution in [3.63, 3.8) is 0 Å². The van der Waals surface area contributed by atoms with Crippen LogP contribution in [0.1, 0.15) is 29.8 Å². The normalized spacial score (nSPS) is 18.4. The molecule has 23 heavy (non-hydrogen) atoms. The average molecular weight is 308 g/mol. The molecule has 5 heteroatoms. The number of rotatable bonds is 3. The van der Waals surface area contributed by atoms with Crippen LogP contribution in [0.15, 0.2) is 48.8 Å². The highest BCUT2D eigenvalue weighted by Gasteiger charge is 2.28. The number of para-hydroxylation sites is 1. The molecule has 1 aliphatic heterocycles. The van der Waals surface area contributed by atoms with Crippen LogP contribution in [0.5, 0.6) is 0 Å². The third-order valence-corrected chi connectivity index (χ3v) is 4.61. The van der Waals surface area contributed by atoms with Gasteiger partial charge < -0.3 is 9.88 Å². The lowest BCUT2D eigenvalue weighted by molar-refractivity contribution is 0.0579. The standard InChI is InChI=1S/C18H20N4O/c23-18(17-12-14-6-1-2-8-16(14)20-17)22-11-4-3-7-15(22)13-21-10-5-9-19-21/h1-2,5-6,8-10,12,15,20H,3-4,7,11,13H2/t15-/m1/s1. The Balaban J connectivity index is 1.59. The number of likely N-dealkylation sites (tertiary alicyclic amines) is 1. The van der Waals surface area contributed by atoms with E-state index in [4.69, 9.17) is 0 Å². The van der Waals surface area contributed by atoms with E-state index in [9.17, 15) is 4.79 Å². The smallest absolute Gasteiger partial charge is 0.270 e. The van der Waals surface area contributed by atoms with Crippen molar-refractivity contribution in [2.75, 3.05) is 6.54 Å². The van der Waals surface area contributed by atoms with Gasteiger partial charge in [0.05, 0.1) is 12.6 Å². The monoisotopic (exact) mass is 308 g/mol. The van der Waals surface area contributed by atoms with Crippen LogP contribution in [0.3, 0.4) is 0 Å².